The predicted octanol–water partition coefficient (Wildman–Crippen LogP) is 4.15. The Morgan fingerprint density at radius 1 is 1.03 bits per heavy atom. The van der Waals surface area contributed by atoms with Gasteiger partial charge in [0.25, 0.3) is 0 Å². The van der Waals surface area contributed by atoms with E-state index in [9.17, 15) is 9.90 Å². The highest BCUT2D eigenvalue weighted by molar-refractivity contribution is 6.30. The molecule has 1 amide bonds. The first-order chi connectivity index (χ1) is 14.6. The maximum absolute atomic E-state index is 11.7. The summed E-state index contributed by atoms with van der Waals surface area (Å²) in [5, 5.41) is 27.4. The topological polar surface area (TPSA) is 97.0 Å². The zero-order valence-corrected chi connectivity index (χ0v) is 17.0. The lowest BCUT2D eigenvalue weighted by Gasteiger charge is -2.27. The summed E-state index contributed by atoms with van der Waals surface area (Å²) >= 11 is 6.20. The summed E-state index contributed by atoms with van der Waals surface area (Å²) in [7, 11) is 0. The number of hydrogen-bond acceptors (Lipinski definition) is 5. The maximum atomic E-state index is 11.7. The second kappa shape index (κ2) is 7.68. The summed E-state index contributed by atoms with van der Waals surface area (Å²) in [5.41, 5.74) is 2.82. The molecule has 0 radical (unpaired) electrons. The van der Waals surface area contributed by atoms with E-state index in [4.69, 9.17) is 11.6 Å². The van der Waals surface area contributed by atoms with Crippen molar-refractivity contribution < 1.29 is 9.90 Å². The molecule has 0 saturated heterocycles. The Labute approximate surface area is 178 Å². The molecule has 3 heterocycles. The van der Waals surface area contributed by atoms with Crippen molar-refractivity contribution in [2.75, 3.05) is 0 Å². The molecule has 1 N–H and O–H groups in total. The Morgan fingerprint density at radius 2 is 1.83 bits per heavy atom. The molecule has 1 aromatic carbocycles. The van der Waals surface area contributed by atoms with E-state index >= 15 is 0 Å². The van der Waals surface area contributed by atoms with Gasteiger partial charge in [-0.25, -0.2) is 4.79 Å². The maximum Gasteiger partial charge on any atom is 0.408 e. The molecule has 1 aliphatic heterocycles. The molecule has 0 bridgehead atoms. The van der Waals surface area contributed by atoms with Crippen LogP contribution in [0.4, 0.5) is 4.79 Å². The van der Waals surface area contributed by atoms with Gasteiger partial charge in [0.1, 0.15) is 5.82 Å². The van der Waals surface area contributed by atoms with E-state index in [2.05, 4.69) is 20.4 Å². The largest absolute Gasteiger partial charge is 0.465 e. The van der Waals surface area contributed by atoms with E-state index in [1.54, 1.807) is 6.20 Å². The van der Waals surface area contributed by atoms with Crippen molar-refractivity contribution in [1.29, 1.82) is 0 Å². The first-order valence-electron chi connectivity index (χ1n) is 10.1. The first-order valence-corrected chi connectivity index (χ1v) is 10.5. The number of amides is 1. The van der Waals surface area contributed by atoms with E-state index in [1.165, 1.54) is 4.90 Å². The minimum Gasteiger partial charge on any atom is -0.465 e. The van der Waals surface area contributed by atoms with Crippen LogP contribution in [0, 0.1) is 0 Å². The molecule has 0 atom stereocenters. The number of nitrogens with zero attached hydrogens (tertiary/aromatic N) is 6. The normalized spacial score (nSPS) is 20.9. The van der Waals surface area contributed by atoms with Crippen molar-refractivity contribution in [3.63, 3.8) is 0 Å². The number of hydrogen-bond donors (Lipinski definition) is 1. The fourth-order valence-corrected chi connectivity index (χ4v) is 4.80. The van der Waals surface area contributed by atoms with Gasteiger partial charge >= 0.3 is 6.09 Å². The van der Waals surface area contributed by atoms with Crippen LogP contribution >= 0.6 is 11.6 Å². The molecular weight excluding hydrogens is 404 g/mol. The lowest BCUT2D eigenvalue weighted by atomic mass is 9.80. The molecule has 8 nitrogen and oxygen atoms in total. The molecule has 0 unspecified atom stereocenters. The molecule has 1 fully saturated rings. The minimum absolute atomic E-state index is 0.198. The number of halogens is 1. The Morgan fingerprint density at radius 3 is 2.57 bits per heavy atom. The van der Waals surface area contributed by atoms with E-state index in [0.29, 0.717) is 16.8 Å². The third-order valence-electron chi connectivity index (χ3n) is 6.11. The van der Waals surface area contributed by atoms with E-state index in [0.717, 1.165) is 48.5 Å². The summed E-state index contributed by atoms with van der Waals surface area (Å²) in [5.74, 6) is 2.22. The molecule has 2 aromatic heterocycles. The number of aromatic nitrogens is 5. The highest BCUT2D eigenvalue weighted by Gasteiger charge is 2.32. The number of fused-ring (bicyclic) bond motifs is 3. The Kier molecular flexibility index (Phi) is 4.86. The summed E-state index contributed by atoms with van der Waals surface area (Å²) in [6.45, 7) is 0.469. The van der Waals surface area contributed by atoms with Crippen LogP contribution in [0.3, 0.4) is 0 Å². The standard InChI is InChI=1S/C21H21ClN6O2/c22-16-7-8-18-15(10-16)11-27(21(29)30)12-19-25-26-20(28(18)19)14-5-3-13(4-6-14)17-2-1-9-23-24-17/h1-2,7-10,13-14H,3-6,11-12H2,(H,29,30). The van der Waals surface area contributed by atoms with E-state index in [1.807, 2.05) is 34.9 Å². The first kappa shape index (κ1) is 19.0. The fraction of sp³-hybridized carbons (Fsp3) is 0.381. The van der Waals surface area contributed by atoms with Gasteiger partial charge in [-0.05, 0) is 61.6 Å². The molecule has 1 aliphatic carbocycles. The van der Waals surface area contributed by atoms with Crippen LogP contribution in [0.1, 0.15) is 60.4 Å². The van der Waals surface area contributed by atoms with Gasteiger partial charge in [-0.15, -0.1) is 10.2 Å². The Balaban J connectivity index is 1.47. The fourth-order valence-electron chi connectivity index (χ4n) is 4.60. The Hall–Kier alpha value is -3.00. The van der Waals surface area contributed by atoms with Crippen LogP contribution in [0.2, 0.25) is 5.02 Å². The van der Waals surface area contributed by atoms with Gasteiger partial charge in [0.2, 0.25) is 0 Å². The zero-order valence-electron chi connectivity index (χ0n) is 16.3. The van der Waals surface area contributed by atoms with Gasteiger partial charge in [0.15, 0.2) is 5.82 Å². The summed E-state index contributed by atoms with van der Waals surface area (Å²) in [4.78, 5) is 13.1. The number of carboxylic acid groups (broad SMARTS) is 1. The third kappa shape index (κ3) is 3.41. The van der Waals surface area contributed by atoms with Gasteiger partial charge in [0.05, 0.1) is 24.5 Å². The van der Waals surface area contributed by atoms with E-state index in [-0.39, 0.29) is 19.0 Å². The lowest BCUT2D eigenvalue weighted by molar-refractivity contribution is 0.139. The van der Waals surface area contributed by atoms with Crippen molar-refractivity contribution >= 4 is 17.7 Å². The van der Waals surface area contributed by atoms with Crippen LogP contribution in [0.15, 0.2) is 36.5 Å². The zero-order chi connectivity index (χ0) is 20.7. The van der Waals surface area contributed by atoms with Gasteiger partial charge in [0, 0.05) is 23.1 Å². The van der Waals surface area contributed by atoms with Gasteiger partial charge in [-0.2, -0.15) is 10.2 Å². The second-order valence-electron chi connectivity index (χ2n) is 7.92. The highest BCUT2D eigenvalue weighted by atomic mass is 35.5. The van der Waals surface area contributed by atoms with Crippen molar-refractivity contribution in [1.82, 2.24) is 29.9 Å². The monoisotopic (exact) mass is 424 g/mol. The quantitative estimate of drug-likeness (QED) is 0.663. The predicted molar refractivity (Wildman–Crippen MR) is 110 cm³/mol. The lowest BCUT2D eigenvalue weighted by Crippen LogP contribution is -2.27. The third-order valence-corrected chi connectivity index (χ3v) is 6.34. The highest BCUT2D eigenvalue weighted by Crippen LogP contribution is 2.40. The van der Waals surface area contributed by atoms with Crippen LogP contribution in [0.25, 0.3) is 5.69 Å². The van der Waals surface area contributed by atoms with Crippen molar-refractivity contribution in [2.24, 2.45) is 0 Å². The number of benzene rings is 1. The SMILES string of the molecule is O=C(O)N1Cc2cc(Cl)ccc2-n2c(nnc2C2CCC(c3cccnn3)CC2)C1. The Bertz CT molecular complexity index is 1080. The molecule has 1 saturated carbocycles. The number of carbonyl (C=O) groups is 1. The van der Waals surface area contributed by atoms with Gasteiger partial charge < -0.3 is 5.11 Å². The van der Waals surface area contributed by atoms with Crippen molar-refractivity contribution in [3.8, 4) is 5.69 Å². The molecular formula is C21H21ClN6O2. The summed E-state index contributed by atoms with van der Waals surface area (Å²) in [6.07, 6.45) is 4.70. The van der Waals surface area contributed by atoms with Gasteiger partial charge in [-0.3, -0.25) is 9.47 Å². The summed E-state index contributed by atoms with van der Waals surface area (Å²) < 4.78 is 2.04. The molecule has 154 valence electrons. The van der Waals surface area contributed by atoms with Crippen LogP contribution in [-0.4, -0.2) is 41.1 Å². The summed E-state index contributed by atoms with van der Waals surface area (Å²) in [6, 6.07) is 9.57. The smallest absolute Gasteiger partial charge is 0.408 e. The molecule has 0 spiro atoms. The average Bonchev–Trinajstić information content (AvgIpc) is 3.10. The van der Waals surface area contributed by atoms with Crippen molar-refractivity contribution in [3.05, 3.63) is 64.5 Å². The molecule has 2 aliphatic rings. The molecule has 5 rings (SSSR count). The minimum atomic E-state index is -0.983. The number of rotatable bonds is 2. The van der Waals surface area contributed by atoms with Gasteiger partial charge in [-0.1, -0.05) is 11.6 Å². The van der Waals surface area contributed by atoms with Crippen LogP contribution < -0.4 is 0 Å². The average molecular weight is 425 g/mol. The molecule has 3 aromatic rings. The van der Waals surface area contributed by atoms with Crippen LogP contribution in [-0.2, 0) is 13.1 Å². The van der Waals surface area contributed by atoms with E-state index < -0.39 is 6.09 Å². The molecule has 30 heavy (non-hydrogen) atoms. The van der Waals surface area contributed by atoms with Crippen LogP contribution in [0.5, 0.6) is 0 Å². The second-order valence-corrected chi connectivity index (χ2v) is 8.36. The molecule has 9 heteroatoms. The van der Waals surface area contributed by atoms with Crippen molar-refractivity contribution in [2.45, 2.75) is 50.6 Å².